The molecule has 0 atom stereocenters. The zero-order chi connectivity index (χ0) is 17.6. The Morgan fingerprint density at radius 2 is 1.88 bits per heavy atom. The molecule has 1 aliphatic rings. The molecule has 3 rings (SSSR count). The summed E-state index contributed by atoms with van der Waals surface area (Å²) >= 11 is 5.70. The van der Waals surface area contributed by atoms with E-state index in [1.807, 2.05) is 0 Å². The van der Waals surface area contributed by atoms with E-state index < -0.39 is 5.82 Å². The average molecular weight is 355 g/mol. The van der Waals surface area contributed by atoms with Gasteiger partial charge in [-0.2, -0.15) is 0 Å². The number of hydrogen-bond donors (Lipinski definition) is 0. The summed E-state index contributed by atoms with van der Waals surface area (Å²) in [7, 11) is 0. The molecule has 0 radical (unpaired) electrons. The van der Waals surface area contributed by atoms with E-state index in [0.29, 0.717) is 23.2 Å². The van der Waals surface area contributed by atoms with Crippen LogP contribution in [0, 0.1) is 29.5 Å². The van der Waals surface area contributed by atoms with Crippen LogP contribution in [0.4, 0.5) is 4.39 Å². The van der Waals surface area contributed by atoms with Crippen LogP contribution in [0.3, 0.4) is 0 Å². The molecule has 0 aliphatic heterocycles. The van der Waals surface area contributed by atoms with Crippen molar-refractivity contribution in [3.8, 4) is 23.2 Å². The maximum Gasteiger partial charge on any atom is 0.159 e. The van der Waals surface area contributed by atoms with Gasteiger partial charge in [0.25, 0.3) is 0 Å². The Kier molecular flexibility index (Phi) is 5.83. The maximum atomic E-state index is 13.5. The SMILES string of the molecule is C/C=C/C1CCC(C#Cc2cnc(-c3ccc(Cl)c(F)c3)nc2)CC1. The first-order chi connectivity index (χ1) is 12.2. The fourth-order valence-electron chi connectivity index (χ4n) is 3.09. The van der Waals surface area contributed by atoms with E-state index in [9.17, 15) is 4.39 Å². The van der Waals surface area contributed by atoms with Gasteiger partial charge in [-0.1, -0.05) is 35.6 Å². The fraction of sp³-hybridized carbons (Fsp3) is 0.333. The Labute approximate surface area is 153 Å². The lowest BCUT2D eigenvalue weighted by atomic mass is 9.82. The van der Waals surface area contributed by atoms with Gasteiger partial charge in [0.2, 0.25) is 0 Å². The summed E-state index contributed by atoms with van der Waals surface area (Å²) in [6.45, 7) is 2.08. The zero-order valence-corrected chi connectivity index (χ0v) is 14.9. The van der Waals surface area contributed by atoms with Gasteiger partial charge in [-0.15, -0.1) is 0 Å². The molecule has 1 saturated carbocycles. The van der Waals surface area contributed by atoms with Gasteiger partial charge in [0.15, 0.2) is 5.82 Å². The van der Waals surface area contributed by atoms with Gasteiger partial charge in [0, 0.05) is 23.9 Å². The number of nitrogens with zero attached hydrogens (tertiary/aromatic N) is 2. The molecular weight excluding hydrogens is 335 g/mol. The van der Waals surface area contributed by atoms with Gasteiger partial charge < -0.3 is 0 Å². The lowest BCUT2D eigenvalue weighted by molar-refractivity contribution is 0.364. The second-order valence-corrected chi connectivity index (χ2v) is 6.74. The first-order valence-electron chi connectivity index (χ1n) is 8.57. The molecule has 128 valence electrons. The number of aromatic nitrogens is 2. The molecule has 2 aromatic rings. The molecule has 4 heteroatoms. The molecule has 0 N–H and O–H groups in total. The highest BCUT2D eigenvalue weighted by molar-refractivity contribution is 6.30. The van der Waals surface area contributed by atoms with Crippen molar-refractivity contribution in [1.82, 2.24) is 9.97 Å². The lowest BCUT2D eigenvalue weighted by Crippen LogP contribution is -2.11. The van der Waals surface area contributed by atoms with Gasteiger partial charge in [0.05, 0.1) is 10.6 Å². The van der Waals surface area contributed by atoms with E-state index >= 15 is 0 Å². The Bertz CT molecular complexity index is 810. The van der Waals surface area contributed by atoms with Crippen molar-refractivity contribution >= 4 is 11.6 Å². The third kappa shape index (κ3) is 4.67. The van der Waals surface area contributed by atoms with E-state index in [1.54, 1.807) is 18.5 Å². The second kappa shape index (κ2) is 8.27. The zero-order valence-electron chi connectivity index (χ0n) is 14.2. The van der Waals surface area contributed by atoms with Crippen LogP contribution in [-0.2, 0) is 0 Å². The summed E-state index contributed by atoms with van der Waals surface area (Å²) in [5, 5.41) is 0.0929. The monoisotopic (exact) mass is 354 g/mol. The van der Waals surface area contributed by atoms with E-state index in [1.165, 1.54) is 25.0 Å². The van der Waals surface area contributed by atoms with Crippen LogP contribution < -0.4 is 0 Å². The number of halogens is 2. The van der Waals surface area contributed by atoms with E-state index in [4.69, 9.17) is 11.6 Å². The molecule has 1 aromatic heterocycles. The Morgan fingerprint density at radius 3 is 2.52 bits per heavy atom. The highest BCUT2D eigenvalue weighted by Gasteiger charge is 2.17. The van der Waals surface area contributed by atoms with Crippen molar-refractivity contribution in [1.29, 1.82) is 0 Å². The highest BCUT2D eigenvalue weighted by Crippen LogP contribution is 2.29. The van der Waals surface area contributed by atoms with Gasteiger partial charge in [-0.25, -0.2) is 14.4 Å². The molecule has 0 spiro atoms. The van der Waals surface area contributed by atoms with Crippen LogP contribution in [0.2, 0.25) is 5.02 Å². The largest absolute Gasteiger partial charge is 0.235 e. The molecule has 25 heavy (non-hydrogen) atoms. The van der Waals surface area contributed by atoms with Crippen molar-refractivity contribution in [2.75, 3.05) is 0 Å². The van der Waals surface area contributed by atoms with Gasteiger partial charge in [-0.3, -0.25) is 0 Å². The molecule has 1 heterocycles. The van der Waals surface area contributed by atoms with Crippen LogP contribution in [0.5, 0.6) is 0 Å². The quantitative estimate of drug-likeness (QED) is 0.513. The molecule has 0 saturated heterocycles. The highest BCUT2D eigenvalue weighted by atomic mass is 35.5. The first kappa shape index (κ1) is 17.6. The third-order valence-electron chi connectivity index (χ3n) is 4.49. The molecule has 2 nitrogen and oxygen atoms in total. The van der Waals surface area contributed by atoms with Gasteiger partial charge in [0.1, 0.15) is 5.82 Å². The molecule has 1 fully saturated rings. The predicted molar refractivity (Wildman–Crippen MR) is 99.6 cm³/mol. The van der Waals surface area contributed by atoms with Crippen molar-refractivity contribution in [2.24, 2.45) is 11.8 Å². The number of allylic oxidation sites excluding steroid dienone is 2. The van der Waals surface area contributed by atoms with Crippen LogP contribution in [0.1, 0.15) is 38.2 Å². The molecule has 1 aliphatic carbocycles. The Balaban J connectivity index is 1.65. The average Bonchev–Trinajstić information content (AvgIpc) is 2.64. The van der Waals surface area contributed by atoms with Crippen molar-refractivity contribution in [2.45, 2.75) is 32.6 Å². The minimum absolute atomic E-state index is 0.0929. The summed E-state index contributed by atoms with van der Waals surface area (Å²) in [5.41, 5.74) is 1.39. The van der Waals surface area contributed by atoms with Crippen molar-refractivity contribution in [3.63, 3.8) is 0 Å². The molecule has 0 unspecified atom stereocenters. The normalized spacial score (nSPS) is 20.3. The van der Waals surface area contributed by atoms with Crippen LogP contribution >= 0.6 is 11.6 Å². The third-order valence-corrected chi connectivity index (χ3v) is 4.79. The van der Waals surface area contributed by atoms with Crippen molar-refractivity contribution in [3.05, 3.63) is 59.1 Å². The molecule has 0 bridgehead atoms. The van der Waals surface area contributed by atoms with E-state index in [0.717, 1.165) is 18.4 Å². The first-order valence-corrected chi connectivity index (χ1v) is 8.95. The van der Waals surface area contributed by atoms with E-state index in [2.05, 4.69) is 40.9 Å². The number of rotatable bonds is 2. The van der Waals surface area contributed by atoms with Crippen LogP contribution in [-0.4, -0.2) is 9.97 Å². The summed E-state index contributed by atoms with van der Waals surface area (Å²) in [6.07, 6.45) is 12.5. The summed E-state index contributed by atoms with van der Waals surface area (Å²) in [5.74, 6) is 7.67. The minimum atomic E-state index is -0.472. The molecule has 0 amide bonds. The number of hydrogen-bond acceptors (Lipinski definition) is 2. The predicted octanol–water partition coefficient (Wildman–Crippen LogP) is 5.67. The summed E-state index contributed by atoms with van der Waals surface area (Å²) in [6, 6.07) is 4.55. The van der Waals surface area contributed by atoms with Gasteiger partial charge in [-0.05, 0) is 56.7 Å². The maximum absolute atomic E-state index is 13.5. The standard InChI is InChI=1S/C21H20ClFN2/c1-2-3-15-4-6-16(7-5-15)8-9-17-13-24-21(25-14-17)18-10-11-19(22)20(23)12-18/h2-3,10-16H,4-7H2,1H3/b3-2+. The summed E-state index contributed by atoms with van der Waals surface area (Å²) in [4.78, 5) is 8.57. The fourth-order valence-corrected chi connectivity index (χ4v) is 3.21. The second-order valence-electron chi connectivity index (χ2n) is 6.33. The smallest absolute Gasteiger partial charge is 0.159 e. The van der Waals surface area contributed by atoms with Crippen molar-refractivity contribution < 1.29 is 4.39 Å². The van der Waals surface area contributed by atoms with Gasteiger partial charge >= 0.3 is 0 Å². The van der Waals surface area contributed by atoms with E-state index in [-0.39, 0.29) is 5.02 Å². The van der Waals surface area contributed by atoms with Crippen LogP contribution in [0.15, 0.2) is 42.7 Å². The van der Waals surface area contributed by atoms with Crippen LogP contribution in [0.25, 0.3) is 11.4 Å². The molecule has 1 aromatic carbocycles. The topological polar surface area (TPSA) is 25.8 Å². The summed E-state index contributed by atoms with van der Waals surface area (Å²) < 4.78 is 13.5. The Hall–Kier alpha value is -2.18. The Morgan fingerprint density at radius 1 is 1.16 bits per heavy atom. The number of benzene rings is 1. The lowest BCUT2D eigenvalue weighted by Gasteiger charge is -2.22. The minimum Gasteiger partial charge on any atom is -0.235 e. The molecular formula is C21H20ClFN2.